The number of halogens is 1. The van der Waals surface area contributed by atoms with Crippen molar-refractivity contribution >= 4 is 0 Å². The Morgan fingerprint density at radius 1 is 1.44 bits per heavy atom. The van der Waals surface area contributed by atoms with Gasteiger partial charge in [-0.25, -0.2) is 4.39 Å². The van der Waals surface area contributed by atoms with E-state index in [0.29, 0.717) is 11.1 Å². The average molecular weight is 243 g/mol. The van der Waals surface area contributed by atoms with Crippen LogP contribution < -0.4 is 0 Å². The van der Waals surface area contributed by atoms with Crippen molar-refractivity contribution in [1.82, 2.24) is 9.78 Å². The summed E-state index contributed by atoms with van der Waals surface area (Å²) in [6.07, 6.45) is 3.71. The van der Waals surface area contributed by atoms with E-state index in [2.05, 4.69) is 5.10 Å². The van der Waals surface area contributed by atoms with Crippen molar-refractivity contribution < 1.29 is 4.39 Å². The van der Waals surface area contributed by atoms with Gasteiger partial charge in [0.1, 0.15) is 5.82 Å². The van der Waals surface area contributed by atoms with Gasteiger partial charge in [0, 0.05) is 23.4 Å². The molecule has 0 bridgehead atoms. The van der Waals surface area contributed by atoms with Crippen molar-refractivity contribution in [2.75, 3.05) is 0 Å². The van der Waals surface area contributed by atoms with E-state index in [1.54, 1.807) is 23.0 Å². The van der Waals surface area contributed by atoms with Gasteiger partial charge in [-0.3, -0.25) is 4.68 Å². The van der Waals surface area contributed by atoms with Crippen LogP contribution in [0.15, 0.2) is 30.6 Å². The predicted octanol–water partition coefficient (Wildman–Crippen LogP) is 3.34. The monoisotopic (exact) mass is 243 g/mol. The molecule has 2 rings (SSSR count). The molecule has 0 amide bonds. The van der Waals surface area contributed by atoms with Crippen LogP contribution in [-0.2, 0) is 6.42 Å². The topological polar surface area (TPSA) is 41.6 Å². The molecule has 0 fully saturated rings. The summed E-state index contributed by atoms with van der Waals surface area (Å²) in [6.45, 7) is 4.03. The van der Waals surface area contributed by atoms with Crippen LogP contribution in [0.5, 0.6) is 0 Å². The molecule has 2 aromatic rings. The molecule has 4 heteroatoms. The maximum Gasteiger partial charge on any atom is 0.131 e. The largest absolute Gasteiger partial charge is 0.270 e. The number of nitriles is 1. The minimum Gasteiger partial charge on any atom is -0.270 e. The second kappa shape index (κ2) is 5.01. The van der Waals surface area contributed by atoms with Gasteiger partial charge in [-0.1, -0.05) is 12.1 Å². The first-order valence-corrected chi connectivity index (χ1v) is 5.81. The number of hydrogen-bond acceptors (Lipinski definition) is 2. The SMILES string of the molecule is CC(C)n1cc(-c2ccc(CC#N)cc2F)cn1. The Morgan fingerprint density at radius 2 is 2.22 bits per heavy atom. The first-order chi connectivity index (χ1) is 8.61. The predicted molar refractivity (Wildman–Crippen MR) is 67.3 cm³/mol. The normalized spacial score (nSPS) is 10.6. The van der Waals surface area contributed by atoms with Crippen LogP contribution in [-0.4, -0.2) is 9.78 Å². The van der Waals surface area contributed by atoms with E-state index in [-0.39, 0.29) is 18.3 Å². The number of benzene rings is 1. The molecule has 18 heavy (non-hydrogen) atoms. The van der Waals surface area contributed by atoms with Crippen molar-refractivity contribution in [2.45, 2.75) is 26.3 Å². The van der Waals surface area contributed by atoms with Crippen LogP contribution in [0.3, 0.4) is 0 Å². The Balaban J connectivity index is 2.36. The lowest BCUT2D eigenvalue weighted by atomic mass is 10.1. The second-order valence-corrected chi connectivity index (χ2v) is 4.45. The van der Waals surface area contributed by atoms with Crippen LogP contribution in [0.25, 0.3) is 11.1 Å². The molecule has 0 aliphatic carbocycles. The Bertz CT molecular complexity index is 593. The molecule has 1 heterocycles. The smallest absolute Gasteiger partial charge is 0.131 e. The first-order valence-electron chi connectivity index (χ1n) is 5.81. The fourth-order valence-corrected chi connectivity index (χ4v) is 1.75. The van der Waals surface area contributed by atoms with E-state index in [4.69, 9.17) is 5.26 Å². The fourth-order valence-electron chi connectivity index (χ4n) is 1.75. The Morgan fingerprint density at radius 3 is 2.78 bits per heavy atom. The van der Waals surface area contributed by atoms with Crippen molar-refractivity contribution in [2.24, 2.45) is 0 Å². The summed E-state index contributed by atoms with van der Waals surface area (Å²) in [5, 5.41) is 12.8. The molecule has 1 aromatic heterocycles. The summed E-state index contributed by atoms with van der Waals surface area (Å²) in [7, 11) is 0. The lowest BCUT2D eigenvalue weighted by molar-refractivity contribution is 0.532. The summed E-state index contributed by atoms with van der Waals surface area (Å²) in [6, 6.07) is 7.13. The summed E-state index contributed by atoms with van der Waals surface area (Å²) in [5.74, 6) is -0.314. The third-order valence-corrected chi connectivity index (χ3v) is 2.76. The molecule has 3 nitrogen and oxygen atoms in total. The molecule has 0 unspecified atom stereocenters. The van der Waals surface area contributed by atoms with E-state index in [9.17, 15) is 4.39 Å². The Hall–Kier alpha value is -2.15. The molecule has 92 valence electrons. The Kier molecular flexibility index (Phi) is 3.42. The highest BCUT2D eigenvalue weighted by atomic mass is 19.1. The third kappa shape index (κ3) is 2.40. The van der Waals surface area contributed by atoms with Crippen LogP contribution in [0.2, 0.25) is 0 Å². The summed E-state index contributed by atoms with van der Waals surface area (Å²) in [5.41, 5.74) is 1.96. The van der Waals surface area contributed by atoms with Crippen molar-refractivity contribution in [1.29, 1.82) is 5.26 Å². The molecule has 0 aliphatic rings. The number of rotatable bonds is 3. The molecule has 0 saturated carbocycles. The third-order valence-electron chi connectivity index (χ3n) is 2.76. The van der Waals surface area contributed by atoms with Crippen LogP contribution in [0, 0.1) is 17.1 Å². The minimum absolute atomic E-state index is 0.225. The second-order valence-electron chi connectivity index (χ2n) is 4.45. The van der Waals surface area contributed by atoms with Gasteiger partial charge in [-0.15, -0.1) is 0 Å². The molecule has 0 atom stereocenters. The minimum atomic E-state index is -0.314. The zero-order valence-corrected chi connectivity index (χ0v) is 10.4. The van der Waals surface area contributed by atoms with Gasteiger partial charge in [-0.2, -0.15) is 10.4 Å². The lowest BCUT2D eigenvalue weighted by Crippen LogP contribution is -1.99. The van der Waals surface area contributed by atoms with Gasteiger partial charge in [0.2, 0.25) is 0 Å². The molecular formula is C14H14FN3. The van der Waals surface area contributed by atoms with E-state index in [1.807, 2.05) is 26.1 Å². The molecule has 0 radical (unpaired) electrons. The number of nitrogens with zero attached hydrogens (tertiary/aromatic N) is 3. The van der Waals surface area contributed by atoms with Crippen LogP contribution >= 0.6 is 0 Å². The fraction of sp³-hybridized carbons (Fsp3) is 0.286. The highest BCUT2D eigenvalue weighted by Gasteiger charge is 2.09. The van der Waals surface area contributed by atoms with Gasteiger partial charge < -0.3 is 0 Å². The van der Waals surface area contributed by atoms with Gasteiger partial charge in [-0.05, 0) is 25.5 Å². The van der Waals surface area contributed by atoms with Gasteiger partial charge >= 0.3 is 0 Å². The molecule has 0 spiro atoms. The van der Waals surface area contributed by atoms with Crippen LogP contribution in [0.1, 0.15) is 25.5 Å². The molecule has 1 aromatic carbocycles. The van der Waals surface area contributed by atoms with E-state index < -0.39 is 0 Å². The summed E-state index contributed by atoms with van der Waals surface area (Å²) in [4.78, 5) is 0. The van der Waals surface area contributed by atoms with Crippen molar-refractivity contribution in [3.63, 3.8) is 0 Å². The van der Waals surface area contributed by atoms with Gasteiger partial charge in [0.25, 0.3) is 0 Å². The summed E-state index contributed by atoms with van der Waals surface area (Å²) < 4.78 is 15.7. The quantitative estimate of drug-likeness (QED) is 0.829. The lowest BCUT2D eigenvalue weighted by Gasteiger charge is -2.04. The number of hydrogen-bond donors (Lipinski definition) is 0. The molecular weight excluding hydrogens is 229 g/mol. The van der Waals surface area contributed by atoms with Crippen molar-refractivity contribution in [3.05, 3.63) is 42.0 Å². The Labute approximate surface area is 105 Å². The van der Waals surface area contributed by atoms with Gasteiger partial charge in [0.15, 0.2) is 0 Å². The molecule has 0 aliphatic heterocycles. The standard InChI is InChI=1S/C14H14FN3/c1-10(2)18-9-12(8-17-18)13-4-3-11(5-6-16)7-14(13)15/h3-4,7-10H,5H2,1-2H3. The zero-order valence-electron chi connectivity index (χ0n) is 10.4. The zero-order chi connectivity index (χ0) is 13.1. The maximum atomic E-state index is 13.9. The average Bonchev–Trinajstić information content (AvgIpc) is 2.79. The molecule has 0 saturated heterocycles. The van der Waals surface area contributed by atoms with E-state index in [0.717, 1.165) is 5.56 Å². The van der Waals surface area contributed by atoms with Gasteiger partial charge in [0.05, 0.1) is 18.7 Å². The van der Waals surface area contributed by atoms with E-state index in [1.165, 1.54) is 6.07 Å². The highest BCUT2D eigenvalue weighted by Crippen LogP contribution is 2.24. The maximum absolute atomic E-state index is 13.9. The number of aromatic nitrogens is 2. The van der Waals surface area contributed by atoms with Crippen molar-refractivity contribution in [3.8, 4) is 17.2 Å². The highest BCUT2D eigenvalue weighted by molar-refractivity contribution is 5.63. The molecule has 0 N–H and O–H groups in total. The van der Waals surface area contributed by atoms with Crippen LogP contribution in [0.4, 0.5) is 4.39 Å². The summed E-state index contributed by atoms with van der Waals surface area (Å²) >= 11 is 0. The van der Waals surface area contributed by atoms with E-state index >= 15 is 0 Å². The first kappa shape index (κ1) is 12.3.